The van der Waals surface area contributed by atoms with Gasteiger partial charge in [-0.1, -0.05) is 54.6 Å². The topological polar surface area (TPSA) is 122 Å². The summed E-state index contributed by atoms with van der Waals surface area (Å²) in [6.45, 7) is 3.39. The summed E-state index contributed by atoms with van der Waals surface area (Å²) in [6, 6.07) is 26.4. The normalized spacial score (nSPS) is 14.6. The molecule has 3 heterocycles. The number of hydrogen-bond donors (Lipinski definition) is 3. The van der Waals surface area contributed by atoms with Crippen LogP contribution in [0.25, 0.3) is 21.8 Å². The first-order valence-electron chi connectivity index (χ1n) is 15.5. The molecule has 0 bridgehead atoms. The Bertz CT molecular complexity index is 1910. The third-order valence-electron chi connectivity index (χ3n) is 8.67. The third-order valence-corrected chi connectivity index (χ3v) is 9.93. The minimum absolute atomic E-state index is 0.133. The number of nitrogens with zero attached hydrogens (tertiary/aromatic N) is 3. The average Bonchev–Trinajstić information content (AvgIpc) is 3.39. The van der Waals surface area contributed by atoms with Gasteiger partial charge in [-0.05, 0) is 97.5 Å². The van der Waals surface area contributed by atoms with Crippen molar-refractivity contribution < 1.29 is 13.2 Å². The molecule has 0 aliphatic carbocycles. The number of pyridine rings is 1. The quantitative estimate of drug-likeness (QED) is 0.188. The predicted octanol–water partition coefficient (Wildman–Crippen LogP) is 5.10. The zero-order chi connectivity index (χ0) is 31.4. The lowest BCUT2D eigenvalue weighted by Gasteiger charge is -2.28. The highest BCUT2D eigenvalue weighted by molar-refractivity contribution is 7.91. The van der Waals surface area contributed by atoms with Gasteiger partial charge in [0.2, 0.25) is 10.0 Å². The first-order chi connectivity index (χ1) is 21.8. The molecule has 1 aliphatic rings. The van der Waals surface area contributed by atoms with Crippen molar-refractivity contribution >= 4 is 43.4 Å². The Morgan fingerprint density at radius 3 is 2.49 bits per heavy atom. The summed E-state index contributed by atoms with van der Waals surface area (Å²) in [5.74, 6) is 0.325. The van der Waals surface area contributed by atoms with E-state index < -0.39 is 10.0 Å². The van der Waals surface area contributed by atoms with E-state index in [-0.39, 0.29) is 18.2 Å². The second kappa shape index (κ2) is 13.4. The molecule has 10 heteroatoms. The van der Waals surface area contributed by atoms with Gasteiger partial charge in [-0.2, -0.15) is 0 Å². The number of carbonyl (C=O) groups excluding carboxylic acids is 1. The van der Waals surface area contributed by atoms with Gasteiger partial charge in [0.25, 0.3) is 5.91 Å². The fraction of sp³-hybridized carbons (Fsp3) is 0.314. The summed E-state index contributed by atoms with van der Waals surface area (Å²) in [6.07, 6.45) is 3.25. The highest BCUT2D eigenvalue weighted by atomic mass is 32.2. The molecule has 2 aromatic heterocycles. The molecule has 0 spiro atoms. The number of nitrogens with two attached hydrogens (primary N) is 1. The van der Waals surface area contributed by atoms with Gasteiger partial charge >= 0.3 is 0 Å². The molecular weight excluding hydrogens is 584 g/mol. The smallest absolute Gasteiger partial charge is 0.267 e. The maximum Gasteiger partial charge on any atom is 0.267 e. The second-order valence-electron chi connectivity index (χ2n) is 12.0. The van der Waals surface area contributed by atoms with Gasteiger partial charge in [0.05, 0.1) is 18.0 Å². The zero-order valence-electron chi connectivity index (χ0n) is 25.6. The van der Waals surface area contributed by atoms with Crippen molar-refractivity contribution in [3.05, 3.63) is 107 Å². The van der Waals surface area contributed by atoms with Crippen LogP contribution in [0.2, 0.25) is 0 Å². The SMILES string of the molecule is CN1CCC(CCNC(=O)c2cc3ccc(CN)nc3n2Cc2cc(NS(=O)(=O)Cc3ccccc3)cc3ccccc23)CC1. The Morgan fingerprint density at radius 1 is 0.956 bits per heavy atom. The number of hydrogen-bond acceptors (Lipinski definition) is 6. The van der Waals surface area contributed by atoms with Gasteiger partial charge in [-0.3, -0.25) is 9.52 Å². The Balaban J connectivity index is 1.31. The molecule has 1 fully saturated rings. The number of nitrogens with one attached hydrogen (secondary N) is 2. The summed E-state index contributed by atoms with van der Waals surface area (Å²) in [5, 5.41) is 5.86. The molecular formula is C35H40N6O3S. The van der Waals surface area contributed by atoms with Crippen molar-refractivity contribution in [1.82, 2.24) is 19.8 Å². The lowest BCUT2D eigenvalue weighted by Crippen LogP contribution is -2.33. The highest BCUT2D eigenvalue weighted by Gasteiger charge is 2.21. The van der Waals surface area contributed by atoms with Crippen LogP contribution in [-0.4, -0.2) is 55.5 Å². The van der Waals surface area contributed by atoms with Crippen molar-refractivity contribution in [3.63, 3.8) is 0 Å². The van der Waals surface area contributed by atoms with Gasteiger partial charge < -0.3 is 20.5 Å². The highest BCUT2D eigenvalue weighted by Crippen LogP contribution is 2.29. The van der Waals surface area contributed by atoms with E-state index in [0.717, 1.165) is 59.8 Å². The fourth-order valence-electron chi connectivity index (χ4n) is 6.22. The monoisotopic (exact) mass is 624 g/mol. The van der Waals surface area contributed by atoms with E-state index in [2.05, 4.69) is 22.0 Å². The molecule has 4 N–H and O–H groups in total. The molecule has 6 rings (SSSR count). The van der Waals surface area contributed by atoms with Crippen LogP contribution in [0.5, 0.6) is 0 Å². The summed E-state index contributed by atoms with van der Waals surface area (Å²) < 4.78 is 31.0. The van der Waals surface area contributed by atoms with Crippen LogP contribution >= 0.6 is 0 Å². The number of sulfonamides is 1. The Hall–Kier alpha value is -4.25. The number of amides is 1. The standard InChI is InChI=1S/C35H40N6O3S/c1-40-17-14-25(15-18-40)13-16-37-35(42)33-21-28-11-12-30(22-36)38-34(28)41(33)23-29-20-31(19-27-9-5-6-10-32(27)29)39-45(43,44)24-26-7-3-2-4-8-26/h2-12,19-21,25,39H,13-18,22-24,36H2,1H3,(H,37,42). The lowest BCUT2D eigenvalue weighted by molar-refractivity contribution is 0.0940. The van der Waals surface area contributed by atoms with Crippen LogP contribution < -0.4 is 15.8 Å². The van der Waals surface area contributed by atoms with E-state index in [4.69, 9.17) is 10.7 Å². The molecule has 1 amide bonds. The predicted molar refractivity (Wildman–Crippen MR) is 181 cm³/mol. The first kappa shape index (κ1) is 30.8. The van der Waals surface area contributed by atoms with Crippen LogP contribution in [-0.2, 0) is 28.9 Å². The summed E-state index contributed by atoms with van der Waals surface area (Å²) in [4.78, 5) is 20.8. The minimum atomic E-state index is -3.67. The van der Waals surface area contributed by atoms with E-state index in [1.807, 2.05) is 77.4 Å². The summed E-state index contributed by atoms with van der Waals surface area (Å²) in [5.41, 5.74) is 9.88. The number of rotatable bonds is 11. The largest absolute Gasteiger partial charge is 0.351 e. The van der Waals surface area contributed by atoms with Crippen molar-refractivity contribution in [2.45, 2.75) is 38.1 Å². The fourth-order valence-corrected chi connectivity index (χ4v) is 7.40. The zero-order valence-corrected chi connectivity index (χ0v) is 26.4. The molecule has 45 heavy (non-hydrogen) atoms. The van der Waals surface area contributed by atoms with Gasteiger partial charge in [0.15, 0.2) is 0 Å². The summed E-state index contributed by atoms with van der Waals surface area (Å²) in [7, 11) is -1.52. The maximum atomic E-state index is 13.7. The minimum Gasteiger partial charge on any atom is -0.351 e. The van der Waals surface area contributed by atoms with Gasteiger partial charge in [0, 0.05) is 24.2 Å². The van der Waals surface area contributed by atoms with Crippen molar-refractivity contribution in [3.8, 4) is 0 Å². The van der Waals surface area contributed by atoms with Crippen LogP contribution in [0.15, 0.2) is 84.9 Å². The number of fused-ring (bicyclic) bond motifs is 2. The van der Waals surface area contributed by atoms with E-state index in [1.54, 1.807) is 12.1 Å². The van der Waals surface area contributed by atoms with Crippen LogP contribution in [0.3, 0.4) is 0 Å². The molecule has 1 aliphatic heterocycles. The van der Waals surface area contributed by atoms with Crippen molar-refractivity contribution in [2.24, 2.45) is 11.7 Å². The van der Waals surface area contributed by atoms with E-state index in [9.17, 15) is 13.2 Å². The number of anilines is 1. The average molecular weight is 625 g/mol. The van der Waals surface area contributed by atoms with E-state index >= 15 is 0 Å². The van der Waals surface area contributed by atoms with E-state index in [0.29, 0.717) is 41.6 Å². The van der Waals surface area contributed by atoms with E-state index in [1.165, 1.54) is 0 Å². The van der Waals surface area contributed by atoms with Gasteiger partial charge in [0.1, 0.15) is 11.3 Å². The molecule has 5 aromatic rings. The van der Waals surface area contributed by atoms with Gasteiger partial charge in [-0.25, -0.2) is 13.4 Å². The van der Waals surface area contributed by atoms with Gasteiger partial charge in [-0.15, -0.1) is 0 Å². The molecule has 0 atom stereocenters. The van der Waals surface area contributed by atoms with Crippen LogP contribution in [0, 0.1) is 5.92 Å². The first-order valence-corrected chi connectivity index (χ1v) is 17.2. The molecule has 3 aromatic carbocycles. The molecule has 0 unspecified atom stereocenters. The maximum absolute atomic E-state index is 13.7. The summed E-state index contributed by atoms with van der Waals surface area (Å²) >= 11 is 0. The molecule has 234 valence electrons. The second-order valence-corrected chi connectivity index (χ2v) is 13.8. The van der Waals surface area contributed by atoms with Crippen LogP contribution in [0.4, 0.5) is 5.69 Å². The number of benzene rings is 3. The number of likely N-dealkylation sites (tertiary alicyclic amines) is 1. The Kier molecular flexibility index (Phi) is 9.16. The van der Waals surface area contributed by atoms with Crippen molar-refractivity contribution in [2.75, 3.05) is 31.4 Å². The molecule has 0 saturated carbocycles. The lowest BCUT2D eigenvalue weighted by atomic mass is 9.94. The number of aromatic nitrogens is 2. The number of piperidine rings is 1. The Labute approximate surface area is 264 Å². The van der Waals surface area contributed by atoms with Crippen LogP contribution in [0.1, 0.15) is 46.6 Å². The molecule has 1 saturated heterocycles. The number of carbonyl (C=O) groups is 1. The molecule has 9 nitrogen and oxygen atoms in total. The molecule has 0 radical (unpaired) electrons. The Morgan fingerprint density at radius 2 is 1.71 bits per heavy atom. The third kappa shape index (κ3) is 7.36. The van der Waals surface area contributed by atoms with Crippen molar-refractivity contribution in [1.29, 1.82) is 0 Å².